The molecule has 0 atom stereocenters. The molecule has 0 aliphatic heterocycles. The molecule has 0 saturated heterocycles. The topological polar surface area (TPSA) is 26.3 Å². The van der Waals surface area contributed by atoms with Crippen LogP contribution < -0.4 is 4.46 Å². The average molecular weight is 257 g/mol. The van der Waals surface area contributed by atoms with E-state index in [1.54, 1.807) is 0 Å². The normalized spacial score (nSPS) is 10.2. The monoisotopic (exact) mass is 258 g/mol. The van der Waals surface area contributed by atoms with Gasteiger partial charge in [-0.25, -0.2) is 0 Å². The molecule has 0 bridgehead atoms. The number of hydrogen-bond acceptors (Lipinski definition) is 2. The molecule has 0 aromatic heterocycles. The zero-order chi connectivity index (χ0) is 10.4. The van der Waals surface area contributed by atoms with Crippen LogP contribution in [0.1, 0.15) is 13.8 Å². The Bertz CT molecular complexity index is 283. The van der Waals surface area contributed by atoms with Crippen LogP contribution in [0.15, 0.2) is 30.3 Å². The molecule has 0 unspecified atom stereocenters. The molecule has 3 heteroatoms. The first-order chi connectivity index (χ1) is 6.68. The van der Waals surface area contributed by atoms with Crippen molar-refractivity contribution in [3.8, 4) is 0 Å². The van der Waals surface area contributed by atoms with Gasteiger partial charge in [0.2, 0.25) is 0 Å². The van der Waals surface area contributed by atoms with E-state index in [4.69, 9.17) is 4.74 Å². The molecule has 0 spiro atoms. The predicted molar refractivity (Wildman–Crippen MR) is 58.0 cm³/mol. The Morgan fingerprint density at radius 2 is 2.00 bits per heavy atom. The molecule has 1 aromatic rings. The van der Waals surface area contributed by atoms with Gasteiger partial charge in [-0.3, -0.25) is 0 Å². The zero-order valence-electron chi connectivity index (χ0n) is 8.40. The molecule has 0 heterocycles. The van der Waals surface area contributed by atoms with Crippen LogP contribution in [-0.4, -0.2) is 26.4 Å². The van der Waals surface area contributed by atoms with Crippen LogP contribution in [0, 0.1) is 5.92 Å². The third kappa shape index (κ3) is 4.45. The minimum absolute atomic E-state index is 0.0857. The molecular formula is C11H14O2Se. The summed E-state index contributed by atoms with van der Waals surface area (Å²) in [4.78, 5) is 11.2. The van der Waals surface area contributed by atoms with Gasteiger partial charge in [-0.05, 0) is 0 Å². The van der Waals surface area contributed by atoms with Crippen LogP contribution in [0.4, 0.5) is 4.79 Å². The van der Waals surface area contributed by atoms with Gasteiger partial charge in [0.15, 0.2) is 0 Å². The summed E-state index contributed by atoms with van der Waals surface area (Å²) in [5.41, 5.74) is 0. The van der Waals surface area contributed by atoms with E-state index in [2.05, 4.69) is 0 Å². The van der Waals surface area contributed by atoms with E-state index in [0.29, 0.717) is 12.5 Å². The summed E-state index contributed by atoms with van der Waals surface area (Å²) in [7, 11) is 0. The average Bonchev–Trinajstić information content (AvgIpc) is 2.16. The number of rotatable bonds is 4. The van der Waals surface area contributed by atoms with Crippen LogP contribution in [0.25, 0.3) is 0 Å². The molecule has 14 heavy (non-hydrogen) atoms. The zero-order valence-corrected chi connectivity index (χ0v) is 10.1. The Morgan fingerprint density at radius 3 is 2.57 bits per heavy atom. The van der Waals surface area contributed by atoms with Gasteiger partial charge in [0, 0.05) is 0 Å². The number of benzene rings is 1. The predicted octanol–water partition coefficient (Wildman–Crippen LogP) is 1.81. The summed E-state index contributed by atoms with van der Waals surface area (Å²) in [6.07, 6.45) is 0. The van der Waals surface area contributed by atoms with Crippen LogP contribution in [0.2, 0.25) is 0 Å². The van der Waals surface area contributed by atoms with Gasteiger partial charge in [-0.15, -0.1) is 0 Å². The van der Waals surface area contributed by atoms with Crippen molar-refractivity contribution in [1.82, 2.24) is 0 Å². The first-order valence-electron chi connectivity index (χ1n) is 4.58. The molecule has 1 aromatic carbocycles. The molecule has 0 aliphatic carbocycles. The van der Waals surface area contributed by atoms with E-state index in [-0.39, 0.29) is 19.8 Å². The second-order valence-electron chi connectivity index (χ2n) is 3.37. The molecule has 0 fully saturated rings. The van der Waals surface area contributed by atoms with Gasteiger partial charge in [0.1, 0.15) is 0 Å². The van der Waals surface area contributed by atoms with Crippen molar-refractivity contribution in [3.63, 3.8) is 0 Å². The molecular weight excluding hydrogens is 243 g/mol. The second-order valence-corrected chi connectivity index (χ2v) is 5.49. The molecule has 76 valence electrons. The molecule has 0 saturated carbocycles. The second kappa shape index (κ2) is 5.84. The maximum absolute atomic E-state index is 11.3. The summed E-state index contributed by atoms with van der Waals surface area (Å²) in [6.45, 7) is 4.58. The van der Waals surface area contributed by atoms with Crippen LogP contribution in [0.3, 0.4) is 0 Å². The van der Waals surface area contributed by atoms with Crippen molar-refractivity contribution in [2.24, 2.45) is 5.92 Å². The fourth-order valence-electron chi connectivity index (χ4n) is 0.849. The minimum atomic E-state index is -0.198. The quantitative estimate of drug-likeness (QED) is 0.769. The van der Waals surface area contributed by atoms with Gasteiger partial charge in [0.25, 0.3) is 0 Å². The molecule has 0 radical (unpaired) electrons. The third-order valence-corrected chi connectivity index (χ3v) is 3.14. The summed E-state index contributed by atoms with van der Waals surface area (Å²) in [5.74, 6) is 0.408. The molecule has 0 aliphatic rings. The first kappa shape index (κ1) is 11.3. The van der Waals surface area contributed by atoms with Crippen molar-refractivity contribution in [3.05, 3.63) is 30.3 Å². The van der Waals surface area contributed by atoms with Crippen molar-refractivity contribution in [1.29, 1.82) is 0 Å². The molecule has 0 N–H and O–H groups in total. The van der Waals surface area contributed by atoms with E-state index in [0.717, 1.165) is 4.46 Å². The van der Waals surface area contributed by atoms with Crippen LogP contribution >= 0.6 is 0 Å². The Balaban J connectivity index is 2.35. The molecule has 1 rings (SSSR count). The Kier molecular flexibility index (Phi) is 4.71. The van der Waals surface area contributed by atoms with Gasteiger partial charge in [-0.1, -0.05) is 0 Å². The van der Waals surface area contributed by atoms with Gasteiger partial charge >= 0.3 is 90.5 Å². The van der Waals surface area contributed by atoms with Crippen LogP contribution in [0.5, 0.6) is 0 Å². The Labute approximate surface area is 90.8 Å². The van der Waals surface area contributed by atoms with Crippen molar-refractivity contribution >= 4 is 24.3 Å². The molecule has 0 amide bonds. The van der Waals surface area contributed by atoms with E-state index >= 15 is 0 Å². The number of carbonyl (C=O) groups excluding carboxylic acids is 1. The van der Waals surface area contributed by atoms with Gasteiger partial charge < -0.3 is 0 Å². The number of ether oxygens (including phenoxy) is 1. The maximum atomic E-state index is 11.3. The summed E-state index contributed by atoms with van der Waals surface area (Å²) in [5, 5.41) is 0. The fraction of sp³-hybridized carbons (Fsp3) is 0.364. The first-order valence-corrected chi connectivity index (χ1v) is 6.29. The molecule has 2 nitrogen and oxygen atoms in total. The van der Waals surface area contributed by atoms with E-state index in [1.165, 1.54) is 0 Å². The third-order valence-electron chi connectivity index (χ3n) is 1.48. The fourth-order valence-corrected chi connectivity index (χ4v) is 2.13. The Hall–Kier alpha value is -0.791. The van der Waals surface area contributed by atoms with Crippen LogP contribution in [-0.2, 0) is 4.74 Å². The number of carbonyl (C=O) groups is 1. The van der Waals surface area contributed by atoms with Gasteiger partial charge in [0.05, 0.1) is 0 Å². The summed E-state index contributed by atoms with van der Waals surface area (Å²) >= 11 is -0.198. The van der Waals surface area contributed by atoms with Gasteiger partial charge in [-0.2, -0.15) is 0 Å². The summed E-state index contributed by atoms with van der Waals surface area (Å²) in [6, 6.07) is 9.73. The van der Waals surface area contributed by atoms with E-state index in [9.17, 15) is 4.79 Å². The number of hydrogen-bond donors (Lipinski definition) is 0. The standard InChI is InChI=1S/C11H14O2Se/c1-9(2)8-13-11(12)14-10-6-4-3-5-7-10/h3-7,9H,8H2,1-2H3. The van der Waals surface area contributed by atoms with Crippen molar-refractivity contribution in [2.75, 3.05) is 6.61 Å². The SMILES string of the molecule is CC(C)COC(=O)[Se]c1ccccc1. The van der Waals surface area contributed by atoms with Crippen molar-refractivity contribution < 1.29 is 9.53 Å². The summed E-state index contributed by atoms with van der Waals surface area (Å²) < 4.78 is 6.16. The van der Waals surface area contributed by atoms with E-state index < -0.39 is 0 Å². The van der Waals surface area contributed by atoms with Crippen molar-refractivity contribution in [2.45, 2.75) is 13.8 Å². The van der Waals surface area contributed by atoms with E-state index in [1.807, 2.05) is 44.2 Å². The Morgan fingerprint density at radius 1 is 1.36 bits per heavy atom.